The number of anilines is 3. The topological polar surface area (TPSA) is 69.7 Å². The minimum absolute atomic E-state index is 0.314. The van der Waals surface area contributed by atoms with Crippen molar-refractivity contribution in [2.75, 3.05) is 15.1 Å². The molecule has 4 atom stereocenters. The highest BCUT2D eigenvalue weighted by atomic mass is 35.5. The van der Waals surface area contributed by atoms with Gasteiger partial charge in [-0.2, -0.15) is 0 Å². The summed E-state index contributed by atoms with van der Waals surface area (Å²) < 4.78 is 0. The number of amides is 3. The van der Waals surface area contributed by atoms with Crippen LogP contribution in [0.4, 0.5) is 17.1 Å². The van der Waals surface area contributed by atoms with Crippen LogP contribution in [0.5, 0.6) is 0 Å². The first-order valence-electron chi connectivity index (χ1n) is 11.1. The predicted molar refractivity (Wildman–Crippen MR) is 132 cm³/mol. The van der Waals surface area contributed by atoms with E-state index in [0.29, 0.717) is 16.4 Å². The van der Waals surface area contributed by atoms with Gasteiger partial charge in [0.2, 0.25) is 17.7 Å². The minimum Gasteiger partial charge on any atom is -0.351 e. The Morgan fingerprint density at radius 3 is 2.38 bits per heavy atom. The van der Waals surface area contributed by atoms with E-state index in [4.69, 9.17) is 11.6 Å². The Morgan fingerprint density at radius 1 is 0.853 bits per heavy atom. The van der Waals surface area contributed by atoms with Gasteiger partial charge in [0, 0.05) is 16.4 Å². The Kier molecular flexibility index (Phi) is 4.78. The largest absolute Gasteiger partial charge is 0.351 e. The smallest absolute Gasteiger partial charge is 0.247 e. The van der Waals surface area contributed by atoms with Crippen LogP contribution >= 0.6 is 11.6 Å². The van der Waals surface area contributed by atoms with Crippen molar-refractivity contribution in [1.82, 2.24) is 0 Å². The van der Waals surface area contributed by atoms with Gasteiger partial charge in [-0.15, -0.1) is 0 Å². The molecule has 2 saturated heterocycles. The number of carbonyl (C=O) groups is 3. The molecule has 34 heavy (non-hydrogen) atoms. The van der Waals surface area contributed by atoms with Crippen molar-refractivity contribution in [1.29, 1.82) is 0 Å². The maximum absolute atomic E-state index is 13.8. The standard InChI is InChI=1S/C27H20ClN3O3/c28-17-8-6-11-19(15-17)30-26(33)22-21-14-13-16-7-4-5-12-20(16)31(21)24(23(22)27(30)34)25(32)29-18-9-2-1-3-10-18/h1-15,21-24H,(H,29,32)/t21-,22-,23-,24+/m0/s1. The Balaban J connectivity index is 1.45. The summed E-state index contributed by atoms with van der Waals surface area (Å²) in [6.45, 7) is 0. The number of carbonyl (C=O) groups excluding carboxylic acids is 3. The molecule has 6 nitrogen and oxygen atoms in total. The van der Waals surface area contributed by atoms with Crippen LogP contribution in [0.3, 0.4) is 0 Å². The highest BCUT2D eigenvalue weighted by Crippen LogP contribution is 2.49. The molecule has 0 saturated carbocycles. The van der Waals surface area contributed by atoms with Gasteiger partial charge in [-0.25, -0.2) is 4.90 Å². The number of hydrogen-bond acceptors (Lipinski definition) is 4. The van der Waals surface area contributed by atoms with Crippen molar-refractivity contribution in [2.45, 2.75) is 12.1 Å². The van der Waals surface area contributed by atoms with Gasteiger partial charge in [0.05, 0.1) is 23.6 Å². The number of nitrogens with zero attached hydrogens (tertiary/aromatic N) is 2. The zero-order chi connectivity index (χ0) is 23.4. The van der Waals surface area contributed by atoms with Crippen LogP contribution in [-0.4, -0.2) is 29.8 Å². The van der Waals surface area contributed by atoms with E-state index >= 15 is 0 Å². The monoisotopic (exact) mass is 469 g/mol. The molecule has 3 aromatic carbocycles. The van der Waals surface area contributed by atoms with Crippen molar-refractivity contribution in [3.05, 3.63) is 95.5 Å². The van der Waals surface area contributed by atoms with E-state index in [1.54, 1.807) is 36.4 Å². The summed E-state index contributed by atoms with van der Waals surface area (Å²) in [5.41, 5.74) is 2.85. The number of fused-ring (bicyclic) bond motifs is 5. The summed E-state index contributed by atoms with van der Waals surface area (Å²) in [4.78, 5) is 44.3. The van der Waals surface area contributed by atoms with E-state index in [1.165, 1.54) is 4.90 Å². The average molecular weight is 470 g/mol. The number of hydrogen-bond donors (Lipinski definition) is 1. The van der Waals surface area contributed by atoms with Gasteiger partial charge >= 0.3 is 0 Å². The molecule has 3 aliphatic heterocycles. The first kappa shape index (κ1) is 20.7. The maximum Gasteiger partial charge on any atom is 0.247 e. The average Bonchev–Trinajstić information content (AvgIpc) is 3.32. The third kappa shape index (κ3) is 3.06. The lowest BCUT2D eigenvalue weighted by Gasteiger charge is -2.36. The molecule has 6 rings (SSSR count). The van der Waals surface area contributed by atoms with E-state index in [-0.39, 0.29) is 17.7 Å². The van der Waals surface area contributed by atoms with Crippen molar-refractivity contribution in [3.63, 3.8) is 0 Å². The van der Waals surface area contributed by atoms with Crippen LogP contribution in [0.15, 0.2) is 84.9 Å². The fourth-order valence-corrected chi connectivity index (χ4v) is 5.61. The third-order valence-electron chi connectivity index (χ3n) is 6.79. The van der Waals surface area contributed by atoms with Gasteiger partial charge in [-0.05, 0) is 42.0 Å². The van der Waals surface area contributed by atoms with Crippen LogP contribution in [0, 0.1) is 11.8 Å². The van der Waals surface area contributed by atoms with Gasteiger partial charge < -0.3 is 10.2 Å². The molecule has 0 spiro atoms. The summed E-state index contributed by atoms with van der Waals surface area (Å²) in [6.07, 6.45) is 3.90. The highest BCUT2D eigenvalue weighted by molar-refractivity contribution is 6.31. The number of nitrogens with one attached hydrogen (secondary N) is 1. The molecule has 0 unspecified atom stereocenters. The molecule has 0 radical (unpaired) electrons. The fraction of sp³-hybridized carbons (Fsp3) is 0.148. The van der Waals surface area contributed by atoms with Crippen LogP contribution in [-0.2, 0) is 14.4 Å². The van der Waals surface area contributed by atoms with Crippen molar-refractivity contribution in [2.24, 2.45) is 11.8 Å². The zero-order valence-corrected chi connectivity index (χ0v) is 18.7. The lowest BCUT2D eigenvalue weighted by atomic mass is 9.88. The molecule has 2 fully saturated rings. The molecule has 3 amide bonds. The van der Waals surface area contributed by atoms with E-state index in [0.717, 1.165) is 11.3 Å². The molecule has 168 valence electrons. The molecular weight excluding hydrogens is 450 g/mol. The summed E-state index contributed by atoms with van der Waals surface area (Å²) in [6, 6.07) is 22.3. The van der Waals surface area contributed by atoms with Crippen molar-refractivity contribution in [3.8, 4) is 0 Å². The number of imide groups is 1. The predicted octanol–water partition coefficient (Wildman–Crippen LogP) is 4.37. The van der Waals surface area contributed by atoms with E-state index in [1.807, 2.05) is 59.5 Å². The SMILES string of the molecule is O=C(Nc1ccccc1)[C@H]1[C@H]2C(=O)N(c3cccc(Cl)c3)C(=O)[C@H]2[C@@H]2C=Cc3ccccc3N21. The number of halogens is 1. The number of rotatable bonds is 3. The normalized spacial score (nSPS) is 24.6. The first-order chi connectivity index (χ1) is 16.5. The van der Waals surface area contributed by atoms with Gasteiger partial charge in [0.15, 0.2) is 0 Å². The Morgan fingerprint density at radius 2 is 1.59 bits per heavy atom. The quantitative estimate of drug-likeness (QED) is 0.578. The number of benzene rings is 3. The van der Waals surface area contributed by atoms with Crippen LogP contribution in [0.2, 0.25) is 5.02 Å². The summed E-state index contributed by atoms with van der Waals surface area (Å²) in [5, 5.41) is 3.38. The molecule has 0 aliphatic carbocycles. The zero-order valence-electron chi connectivity index (χ0n) is 18.0. The van der Waals surface area contributed by atoms with E-state index in [2.05, 4.69) is 5.32 Å². The Hall–Kier alpha value is -3.90. The van der Waals surface area contributed by atoms with E-state index in [9.17, 15) is 14.4 Å². The highest BCUT2D eigenvalue weighted by Gasteiger charge is 2.64. The molecule has 0 bridgehead atoms. The fourth-order valence-electron chi connectivity index (χ4n) is 5.42. The molecule has 3 aliphatic rings. The second kappa shape index (κ2) is 7.85. The molecule has 3 heterocycles. The summed E-state index contributed by atoms with van der Waals surface area (Å²) in [7, 11) is 0. The lowest BCUT2D eigenvalue weighted by Crippen LogP contribution is -2.50. The Labute approximate surface area is 201 Å². The second-order valence-electron chi connectivity index (χ2n) is 8.66. The Bertz CT molecular complexity index is 1360. The van der Waals surface area contributed by atoms with Gasteiger partial charge in [-0.3, -0.25) is 14.4 Å². The van der Waals surface area contributed by atoms with Gasteiger partial charge in [0.25, 0.3) is 0 Å². The molecule has 7 heteroatoms. The van der Waals surface area contributed by atoms with Crippen molar-refractivity contribution >= 4 is 52.5 Å². The summed E-state index contributed by atoms with van der Waals surface area (Å²) in [5.74, 6) is -2.52. The lowest BCUT2D eigenvalue weighted by molar-refractivity contribution is -0.126. The molecule has 0 aromatic heterocycles. The first-order valence-corrected chi connectivity index (χ1v) is 11.5. The molecular formula is C27H20ClN3O3. The summed E-state index contributed by atoms with van der Waals surface area (Å²) >= 11 is 6.14. The third-order valence-corrected chi connectivity index (χ3v) is 7.03. The molecule has 3 aromatic rings. The van der Waals surface area contributed by atoms with Crippen LogP contribution < -0.4 is 15.1 Å². The van der Waals surface area contributed by atoms with Crippen LogP contribution in [0.1, 0.15) is 5.56 Å². The maximum atomic E-state index is 13.8. The van der Waals surface area contributed by atoms with Gasteiger partial charge in [-0.1, -0.05) is 66.2 Å². The van der Waals surface area contributed by atoms with Crippen LogP contribution in [0.25, 0.3) is 6.08 Å². The second-order valence-corrected chi connectivity index (χ2v) is 9.10. The van der Waals surface area contributed by atoms with Gasteiger partial charge in [0.1, 0.15) is 6.04 Å². The number of para-hydroxylation sites is 2. The van der Waals surface area contributed by atoms with Crippen molar-refractivity contribution < 1.29 is 14.4 Å². The minimum atomic E-state index is -0.845. The van der Waals surface area contributed by atoms with E-state index < -0.39 is 23.9 Å². The molecule has 1 N–H and O–H groups in total.